The standard InChI is InChI=1S/C19H24N4O3/c1-25-13-7-8-19(26-2)9-10-23(16(19)11-13)18(24)15-6-4-3-5-14(15)17-20-12-21-22-17/h3-6,12-13,16H,7-11H2,1-2H3,(H,20,21,22)/t13-,16-,19+/m0/s1. The van der Waals surface area contributed by atoms with Crippen LogP contribution in [0.15, 0.2) is 30.6 Å². The first kappa shape index (κ1) is 17.2. The molecule has 0 radical (unpaired) electrons. The lowest BCUT2D eigenvalue weighted by molar-refractivity contribution is -0.0893. The monoisotopic (exact) mass is 356 g/mol. The molecule has 1 aliphatic heterocycles. The van der Waals surface area contributed by atoms with Gasteiger partial charge < -0.3 is 14.4 Å². The van der Waals surface area contributed by atoms with Crippen LogP contribution >= 0.6 is 0 Å². The van der Waals surface area contributed by atoms with E-state index in [9.17, 15) is 4.79 Å². The zero-order valence-electron chi connectivity index (χ0n) is 15.1. The Bertz CT molecular complexity index is 779. The van der Waals surface area contributed by atoms with Gasteiger partial charge in [0.05, 0.1) is 23.3 Å². The van der Waals surface area contributed by atoms with Crippen LogP contribution in [-0.4, -0.2) is 64.5 Å². The fourth-order valence-electron chi connectivity index (χ4n) is 4.49. The molecule has 7 heteroatoms. The lowest BCUT2D eigenvalue weighted by Crippen LogP contribution is -2.53. The lowest BCUT2D eigenvalue weighted by Gasteiger charge is -2.43. The van der Waals surface area contributed by atoms with Crippen molar-refractivity contribution in [1.29, 1.82) is 0 Å². The van der Waals surface area contributed by atoms with Crippen molar-refractivity contribution in [3.63, 3.8) is 0 Å². The van der Waals surface area contributed by atoms with Gasteiger partial charge in [-0.25, -0.2) is 4.98 Å². The van der Waals surface area contributed by atoms with E-state index in [0.717, 1.165) is 31.2 Å². The van der Waals surface area contributed by atoms with Gasteiger partial charge >= 0.3 is 0 Å². The van der Waals surface area contributed by atoms with Crippen molar-refractivity contribution in [2.24, 2.45) is 0 Å². The van der Waals surface area contributed by atoms with Gasteiger partial charge in [-0.05, 0) is 31.7 Å². The first-order valence-corrected chi connectivity index (χ1v) is 9.02. The minimum atomic E-state index is -0.258. The highest BCUT2D eigenvalue weighted by Gasteiger charge is 2.52. The maximum absolute atomic E-state index is 13.4. The number of rotatable bonds is 4. The lowest BCUT2D eigenvalue weighted by atomic mass is 9.79. The van der Waals surface area contributed by atoms with Gasteiger partial charge in [0.2, 0.25) is 0 Å². The number of hydrogen-bond acceptors (Lipinski definition) is 5. The number of nitrogens with zero attached hydrogens (tertiary/aromatic N) is 3. The van der Waals surface area contributed by atoms with E-state index >= 15 is 0 Å². The highest BCUT2D eigenvalue weighted by atomic mass is 16.5. The molecule has 1 aromatic heterocycles. The summed E-state index contributed by atoms with van der Waals surface area (Å²) in [6, 6.07) is 7.56. The topological polar surface area (TPSA) is 80.3 Å². The molecule has 1 aliphatic carbocycles. The molecule has 7 nitrogen and oxygen atoms in total. The maximum atomic E-state index is 13.4. The summed E-state index contributed by atoms with van der Waals surface area (Å²) in [6.45, 7) is 0.693. The Morgan fingerprint density at radius 2 is 2.15 bits per heavy atom. The molecule has 26 heavy (non-hydrogen) atoms. The number of fused-ring (bicyclic) bond motifs is 1. The number of carbonyl (C=O) groups is 1. The molecule has 2 fully saturated rings. The quantitative estimate of drug-likeness (QED) is 0.909. The molecule has 1 N–H and O–H groups in total. The fraction of sp³-hybridized carbons (Fsp3) is 0.526. The summed E-state index contributed by atoms with van der Waals surface area (Å²) in [4.78, 5) is 19.6. The van der Waals surface area contributed by atoms with Crippen molar-refractivity contribution in [3.8, 4) is 11.4 Å². The summed E-state index contributed by atoms with van der Waals surface area (Å²) >= 11 is 0. The van der Waals surface area contributed by atoms with Gasteiger partial charge in [0, 0.05) is 26.3 Å². The number of ether oxygens (including phenoxy) is 2. The first-order valence-electron chi connectivity index (χ1n) is 9.02. The Morgan fingerprint density at radius 3 is 2.88 bits per heavy atom. The second-order valence-electron chi connectivity index (χ2n) is 7.04. The number of hydrogen-bond donors (Lipinski definition) is 1. The van der Waals surface area contributed by atoms with Crippen molar-refractivity contribution >= 4 is 5.91 Å². The summed E-state index contributed by atoms with van der Waals surface area (Å²) in [6.07, 6.45) is 5.17. The fourth-order valence-corrected chi connectivity index (χ4v) is 4.49. The van der Waals surface area contributed by atoms with Crippen LogP contribution < -0.4 is 0 Å². The Kier molecular flexibility index (Phi) is 4.50. The van der Waals surface area contributed by atoms with Gasteiger partial charge in [0.1, 0.15) is 6.33 Å². The van der Waals surface area contributed by atoms with E-state index in [2.05, 4.69) is 15.2 Å². The third-order valence-electron chi connectivity index (χ3n) is 5.96. The van der Waals surface area contributed by atoms with Crippen molar-refractivity contribution in [2.45, 2.75) is 43.4 Å². The maximum Gasteiger partial charge on any atom is 0.254 e. The summed E-state index contributed by atoms with van der Waals surface area (Å²) in [5.41, 5.74) is 1.14. The Balaban J connectivity index is 1.67. The van der Waals surface area contributed by atoms with Crippen LogP contribution in [0.2, 0.25) is 0 Å². The van der Waals surface area contributed by atoms with Crippen LogP contribution in [0.4, 0.5) is 0 Å². The van der Waals surface area contributed by atoms with Crippen LogP contribution in [0.1, 0.15) is 36.0 Å². The molecule has 2 aromatic rings. The largest absolute Gasteiger partial charge is 0.381 e. The van der Waals surface area contributed by atoms with Crippen molar-refractivity contribution in [2.75, 3.05) is 20.8 Å². The Hall–Kier alpha value is -2.25. The van der Waals surface area contributed by atoms with E-state index < -0.39 is 0 Å². The minimum absolute atomic E-state index is 0.0117. The molecule has 1 saturated heterocycles. The van der Waals surface area contributed by atoms with E-state index in [4.69, 9.17) is 9.47 Å². The van der Waals surface area contributed by atoms with Gasteiger partial charge in [-0.15, -0.1) is 0 Å². The molecular formula is C19H24N4O3. The molecular weight excluding hydrogens is 332 g/mol. The number of carbonyl (C=O) groups excluding carboxylic acids is 1. The third kappa shape index (κ3) is 2.71. The van der Waals surface area contributed by atoms with Gasteiger partial charge in [0.25, 0.3) is 5.91 Å². The van der Waals surface area contributed by atoms with E-state index in [1.165, 1.54) is 6.33 Å². The highest BCUT2D eigenvalue weighted by molar-refractivity contribution is 6.00. The van der Waals surface area contributed by atoms with Crippen molar-refractivity contribution in [3.05, 3.63) is 36.2 Å². The summed E-state index contributed by atoms with van der Waals surface area (Å²) < 4.78 is 11.5. The highest BCUT2D eigenvalue weighted by Crippen LogP contribution is 2.43. The normalized spacial score (nSPS) is 28.2. The molecule has 2 aliphatic rings. The number of H-pyrrole nitrogens is 1. The average molecular weight is 356 g/mol. The smallest absolute Gasteiger partial charge is 0.254 e. The third-order valence-corrected chi connectivity index (χ3v) is 5.96. The molecule has 2 heterocycles. The predicted molar refractivity (Wildman–Crippen MR) is 95.6 cm³/mol. The molecule has 0 spiro atoms. The molecule has 1 aromatic carbocycles. The van der Waals surface area contributed by atoms with Gasteiger partial charge in [-0.1, -0.05) is 18.2 Å². The van der Waals surface area contributed by atoms with Crippen molar-refractivity contribution < 1.29 is 14.3 Å². The van der Waals surface area contributed by atoms with Crippen LogP contribution in [0, 0.1) is 0 Å². The minimum Gasteiger partial charge on any atom is -0.381 e. The predicted octanol–water partition coefficient (Wildman–Crippen LogP) is 2.27. The number of benzene rings is 1. The number of aromatic nitrogens is 3. The van der Waals surface area contributed by atoms with E-state index in [1.54, 1.807) is 14.2 Å². The summed E-state index contributed by atoms with van der Waals surface area (Å²) in [5.74, 6) is 0.613. The molecule has 1 saturated carbocycles. The first-order chi connectivity index (χ1) is 12.7. The second kappa shape index (κ2) is 6.81. The van der Waals surface area contributed by atoms with E-state index in [0.29, 0.717) is 17.9 Å². The molecule has 3 atom stereocenters. The Morgan fingerprint density at radius 1 is 1.31 bits per heavy atom. The molecule has 0 unspecified atom stereocenters. The zero-order chi connectivity index (χ0) is 18.1. The number of methoxy groups -OCH3 is 2. The summed E-state index contributed by atoms with van der Waals surface area (Å²) in [5, 5.41) is 6.76. The average Bonchev–Trinajstić information content (AvgIpc) is 3.35. The zero-order valence-corrected chi connectivity index (χ0v) is 15.1. The molecule has 1 amide bonds. The molecule has 138 valence electrons. The Labute approximate surface area is 152 Å². The molecule has 0 bridgehead atoms. The van der Waals surface area contributed by atoms with Crippen LogP contribution in [0.5, 0.6) is 0 Å². The van der Waals surface area contributed by atoms with Crippen molar-refractivity contribution in [1.82, 2.24) is 20.1 Å². The number of amides is 1. The number of nitrogens with one attached hydrogen (secondary N) is 1. The van der Waals surface area contributed by atoms with Crippen LogP contribution in [0.25, 0.3) is 11.4 Å². The van der Waals surface area contributed by atoms with Gasteiger partial charge in [-0.3, -0.25) is 9.89 Å². The van der Waals surface area contributed by atoms with E-state index in [1.807, 2.05) is 29.2 Å². The van der Waals surface area contributed by atoms with Gasteiger partial charge in [0.15, 0.2) is 5.82 Å². The van der Waals surface area contributed by atoms with Crippen LogP contribution in [-0.2, 0) is 9.47 Å². The van der Waals surface area contributed by atoms with Crippen LogP contribution in [0.3, 0.4) is 0 Å². The molecule has 4 rings (SSSR count). The summed E-state index contributed by atoms with van der Waals surface area (Å²) in [7, 11) is 3.50. The SMILES string of the molecule is CO[C@H]1CC[C@@]2(OC)CCN(C(=O)c3ccccc3-c3ncn[nH]3)[C@H]2C1. The number of aromatic amines is 1. The van der Waals surface area contributed by atoms with Gasteiger partial charge in [-0.2, -0.15) is 5.10 Å². The number of likely N-dealkylation sites (tertiary alicyclic amines) is 1. The van der Waals surface area contributed by atoms with E-state index in [-0.39, 0.29) is 23.7 Å². The second-order valence-corrected chi connectivity index (χ2v) is 7.04.